The Morgan fingerprint density at radius 1 is 1.50 bits per heavy atom. The van der Waals surface area contributed by atoms with Crippen LogP contribution in [0, 0.1) is 5.41 Å². The van der Waals surface area contributed by atoms with Gasteiger partial charge in [0.2, 0.25) is 5.91 Å². The van der Waals surface area contributed by atoms with Gasteiger partial charge in [0, 0.05) is 6.54 Å². The summed E-state index contributed by atoms with van der Waals surface area (Å²) in [5.41, 5.74) is 5.53. The molecule has 0 spiro atoms. The zero-order chi connectivity index (χ0) is 9.03. The van der Waals surface area contributed by atoms with Crippen molar-refractivity contribution in [1.82, 2.24) is 5.32 Å². The first-order valence-corrected chi connectivity index (χ1v) is 4.63. The highest BCUT2D eigenvalue weighted by atomic mass is 16.1. The predicted octanol–water partition coefficient (Wildman–Crippen LogP) is 0.642. The molecule has 0 radical (unpaired) electrons. The van der Waals surface area contributed by atoms with Gasteiger partial charge in [0.25, 0.3) is 0 Å². The minimum Gasteiger partial charge on any atom is -0.354 e. The van der Waals surface area contributed by atoms with Gasteiger partial charge in [0.05, 0.1) is 6.54 Å². The lowest BCUT2D eigenvalue weighted by Crippen LogP contribution is -2.37. The minimum absolute atomic E-state index is 0.0388. The Bertz CT molecular complexity index is 162. The maximum absolute atomic E-state index is 10.9. The maximum atomic E-state index is 10.9. The zero-order valence-electron chi connectivity index (χ0n) is 7.73. The topological polar surface area (TPSA) is 55.1 Å². The van der Waals surface area contributed by atoms with Crippen molar-refractivity contribution in [3.05, 3.63) is 0 Å². The van der Waals surface area contributed by atoms with Gasteiger partial charge >= 0.3 is 0 Å². The minimum atomic E-state index is -0.0388. The van der Waals surface area contributed by atoms with Crippen LogP contribution in [0.15, 0.2) is 0 Å². The number of hydrogen-bond donors (Lipinski definition) is 2. The van der Waals surface area contributed by atoms with E-state index in [1.807, 2.05) is 0 Å². The molecule has 1 rings (SSSR count). The van der Waals surface area contributed by atoms with Gasteiger partial charge < -0.3 is 11.1 Å². The predicted molar refractivity (Wildman–Crippen MR) is 48.6 cm³/mol. The number of nitrogens with two attached hydrogens (primary N) is 1. The van der Waals surface area contributed by atoms with Crippen LogP contribution in [0.2, 0.25) is 0 Å². The molecule has 0 atom stereocenters. The fraction of sp³-hybridized carbons (Fsp3) is 0.889. The highest BCUT2D eigenvalue weighted by Gasteiger charge is 2.28. The number of carbonyl (C=O) groups excluding carboxylic acids is 1. The summed E-state index contributed by atoms with van der Waals surface area (Å²) in [6, 6.07) is 0. The van der Waals surface area contributed by atoms with Crippen molar-refractivity contribution in [3.63, 3.8) is 0 Å². The van der Waals surface area contributed by atoms with Gasteiger partial charge in [0.15, 0.2) is 0 Å². The lowest BCUT2D eigenvalue weighted by Gasteiger charge is -2.23. The summed E-state index contributed by atoms with van der Waals surface area (Å²) in [4.78, 5) is 10.9. The Labute approximate surface area is 73.7 Å². The fourth-order valence-corrected chi connectivity index (χ4v) is 1.79. The SMILES string of the molecule is CC1(CNC(=O)CN)CCCC1. The van der Waals surface area contributed by atoms with E-state index in [9.17, 15) is 4.79 Å². The van der Waals surface area contributed by atoms with Crippen molar-refractivity contribution in [1.29, 1.82) is 0 Å². The summed E-state index contributed by atoms with van der Waals surface area (Å²) < 4.78 is 0. The highest BCUT2D eigenvalue weighted by Crippen LogP contribution is 2.36. The molecule has 1 amide bonds. The van der Waals surface area contributed by atoms with Gasteiger partial charge in [-0.2, -0.15) is 0 Å². The van der Waals surface area contributed by atoms with Crippen LogP contribution >= 0.6 is 0 Å². The van der Waals surface area contributed by atoms with Gasteiger partial charge in [-0.25, -0.2) is 0 Å². The Hall–Kier alpha value is -0.570. The summed E-state index contributed by atoms with van der Waals surface area (Å²) in [5.74, 6) is -0.0388. The smallest absolute Gasteiger partial charge is 0.233 e. The van der Waals surface area contributed by atoms with Gasteiger partial charge in [-0.1, -0.05) is 19.8 Å². The van der Waals surface area contributed by atoms with E-state index < -0.39 is 0 Å². The molecule has 0 aromatic rings. The quantitative estimate of drug-likeness (QED) is 0.653. The van der Waals surface area contributed by atoms with Gasteiger partial charge in [-0.15, -0.1) is 0 Å². The average Bonchev–Trinajstić information content (AvgIpc) is 2.49. The zero-order valence-corrected chi connectivity index (χ0v) is 7.73. The van der Waals surface area contributed by atoms with Crippen LogP contribution in [0.5, 0.6) is 0 Å². The molecular formula is C9H18N2O. The van der Waals surface area contributed by atoms with Crippen molar-refractivity contribution < 1.29 is 4.79 Å². The maximum Gasteiger partial charge on any atom is 0.233 e. The largest absolute Gasteiger partial charge is 0.354 e. The number of amides is 1. The molecule has 0 bridgehead atoms. The molecular weight excluding hydrogens is 152 g/mol. The van der Waals surface area contributed by atoms with Crippen LogP contribution in [0.25, 0.3) is 0 Å². The first-order valence-electron chi connectivity index (χ1n) is 4.63. The molecule has 1 aliphatic carbocycles. The number of carbonyl (C=O) groups is 1. The lowest BCUT2D eigenvalue weighted by atomic mass is 9.89. The van der Waals surface area contributed by atoms with Gasteiger partial charge in [0.1, 0.15) is 0 Å². The summed E-state index contributed by atoms with van der Waals surface area (Å²) in [6.45, 7) is 3.13. The van der Waals surface area contributed by atoms with E-state index in [2.05, 4.69) is 12.2 Å². The Kier molecular flexibility index (Phi) is 3.09. The summed E-state index contributed by atoms with van der Waals surface area (Å²) in [5, 5.41) is 2.85. The van der Waals surface area contributed by atoms with E-state index in [-0.39, 0.29) is 12.5 Å². The molecule has 1 saturated carbocycles. The van der Waals surface area contributed by atoms with Crippen LogP contribution in [-0.4, -0.2) is 19.0 Å². The monoisotopic (exact) mass is 170 g/mol. The molecule has 70 valence electrons. The van der Waals surface area contributed by atoms with E-state index in [1.165, 1.54) is 25.7 Å². The van der Waals surface area contributed by atoms with Crippen molar-refractivity contribution >= 4 is 5.91 Å². The number of nitrogens with one attached hydrogen (secondary N) is 1. The molecule has 0 heterocycles. The first-order chi connectivity index (χ1) is 5.66. The lowest BCUT2D eigenvalue weighted by molar-refractivity contribution is -0.120. The molecule has 3 N–H and O–H groups in total. The fourth-order valence-electron chi connectivity index (χ4n) is 1.79. The van der Waals surface area contributed by atoms with E-state index in [0.717, 1.165) is 6.54 Å². The molecule has 0 aromatic heterocycles. The Morgan fingerprint density at radius 3 is 2.58 bits per heavy atom. The molecule has 0 unspecified atom stereocenters. The van der Waals surface area contributed by atoms with Crippen LogP contribution in [0.1, 0.15) is 32.6 Å². The van der Waals surface area contributed by atoms with Crippen molar-refractivity contribution in [2.45, 2.75) is 32.6 Å². The number of rotatable bonds is 3. The third-order valence-corrected chi connectivity index (χ3v) is 2.71. The van der Waals surface area contributed by atoms with Crippen molar-refractivity contribution in [3.8, 4) is 0 Å². The summed E-state index contributed by atoms with van der Waals surface area (Å²) >= 11 is 0. The van der Waals surface area contributed by atoms with Crippen molar-refractivity contribution in [2.75, 3.05) is 13.1 Å². The standard InChI is InChI=1S/C9H18N2O/c1-9(4-2-3-5-9)7-11-8(12)6-10/h2-7,10H2,1H3,(H,11,12). The molecule has 3 nitrogen and oxygen atoms in total. The molecule has 3 heteroatoms. The summed E-state index contributed by atoms with van der Waals surface area (Å²) in [7, 11) is 0. The van der Waals surface area contributed by atoms with E-state index >= 15 is 0 Å². The molecule has 12 heavy (non-hydrogen) atoms. The second-order valence-electron chi connectivity index (χ2n) is 4.00. The van der Waals surface area contributed by atoms with Crippen LogP contribution < -0.4 is 11.1 Å². The Balaban J connectivity index is 2.25. The second-order valence-corrected chi connectivity index (χ2v) is 4.00. The first kappa shape index (κ1) is 9.52. The van der Waals surface area contributed by atoms with E-state index in [0.29, 0.717) is 5.41 Å². The Morgan fingerprint density at radius 2 is 2.08 bits per heavy atom. The van der Waals surface area contributed by atoms with Crippen LogP contribution in [-0.2, 0) is 4.79 Å². The number of hydrogen-bond acceptors (Lipinski definition) is 2. The summed E-state index contributed by atoms with van der Waals surface area (Å²) in [6.07, 6.45) is 5.07. The third-order valence-electron chi connectivity index (χ3n) is 2.71. The normalized spacial score (nSPS) is 20.8. The molecule has 0 saturated heterocycles. The van der Waals surface area contributed by atoms with Gasteiger partial charge in [-0.3, -0.25) is 4.79 Å². The molecule has 1 fully saturated rings. The second kappa shape index (κ2) is 3.90. The van der Waals surface area contributed by atoms with Crippen LogP contribution in [0.3, 0.4) is 0 Å². The molecule has 0 aliphatic heterocycles. The van der Waals surface area contributed by atoms with Crippen LogP contribution in [0.4, 0.5) is 0 Å². The highest BCUT2D eigenvalue weighted by molar-refractivity contribution is 5.77. The molecule has 0 aromatic carbocycles. The average molecular weight is 170 g/mol. The van der Waals surface area contributed by atoms with E-state index in [1.54, 1.807) is 0 Å². The molecule has 1 aliphatic rings. The van der Waals surface area contributed by atoms with E-state index in [4.69, 9.17) is 5.73 Å². The third kappa shape index (κ3) is 2.48. The van der Waals surface area contributed by atoms with Crippen molar-refractivity contribution in [2.24, 2.45) is 11.1 Å². The van der Waals surface area contributed by atoms with Gasteiger partial charge in [-0.05, 0) is 18.3 Å².